The Bertz CT molecular complexity index is 1190. The second-order valence-corrected chi connectivity index (χ2v) is 9.13. The fourth-order valence-corrected chi connectivity index (χ4v) is 4.06. The molecule has 0 saturated heterocycles. The summed E-state index contributed by atoms with van der Waals surface area (Å²) < 4.78 is 12.3. The molecule has 1 aromatic heterocycles. The number of benzene rings is 1. The molecule has 2 aromatic rings. The van der Waals surface area contributed by atoms with Crippen molar-refractivity contribution in [3.8, 4) is 6.07 Å². The van der Waals surface area contributed by atoms with Gasteiger partial charge in [0.2, 0.25) is 0 Å². The lowest BCUT2D eigenvalue weighted by Gasteiger charge is -2.15. The number of methoxy groups -OCH3 is 1. The third-order valence-electron chi connectivity index (χ3n) is 4.65. The largest absolute Gasteiger partial charge is 0.465 e. The van der Waals surface area contributed by atoms with E-state index >= 15 is 0 Å². The van der Waals surface area contributed by atoms with Crippen LogP contribution in [0.2, 0.25) is 0 Å². The number of esters is 1. The first kappa shape index (κ1) is 25.2. The third kappa shape index (κ3) is 6.02. The maximum atomic E-state index is 13.2. The average Bonchev–Trinajstić information content (AvgIpc) is 3.06. The van der Waals surface area contributed by atoms with E-state index in [0.717, 1.165) is 11.3 Å². The van der Waals surface area contributed by atoms with Gasteiger partial charge in [0.1, 0.15) is 16.3 Å². The minimum Gasteiger partial charge on any atom is -0.465 e. The van der Waals surface area contributed by atoms with Crippen LogP contribution < -0.4 is 14.8 Å². The highest BCUT2D eigenvalue weighted by Crippen LogP contribution is 2.19. The number of carbonyl (C=O) groups excluding carboxylic acids is 2. The van der Waals surface area contributed by atoms with E-state index in [1.54, 1.807) is 51.1 Å². The summed E-state index contributed by atoms with van der Waals surface area (Å²) in [7, 11) is 1.31. The molecule has 0 bridgehead atoms. The molecule has 0 aliphatic heterocycles. The second-order valence-electron chi connectivity index (χ2n) is 8.10. The monoisotopic (exact) mass is 456 g/mol. The van der Waals surface area contributed by atoms with Gasteiger partial charge >= 0.3 is 5.97 Å². The van der Waals surface area contributed by atoms with E-state index in [0.29, 0.717) is 46.5 Å². The number of ether oxygens (including phenoxy) is 2. The lowest BCUT2D eigenvalue weighted by Crippen LogP contribution is -2.34. The first-order chi connectivity index (χ1) is 15.1. The van der Waals surface area contributed by atoms with E-state index in [-0.39, 0.29) is 16.9 Å². The molecule has 0 radical (unpaired) electrons. The van der Waals surface area contributed by atoms with E-state index in [9.17, 15) is 19.6 Å². The van der Waals surface area contributed by atoms with Crippen molar-refractivity contribution in [2.45, 2.75) is 40.7 Å². The molecule has 0 amide bonds. The quantitative estimate of drug-likeness (QED) is 0.446. The zero-order valence-corrected chi connectivity index (χ0v) is 19.9. The van der Waals surface area contributed by atoms with E-state index in [4.69, 9.17) is 9.47 Å². The van der Waals surface area contributed by atoms with Crippen molar-refractivity contribution in [1.29, 1.82) is 5.26 Å². The molecule has 170 valence electrons. The molecule has 0 unspecified atom stereocenters. The molecule has 0 spiro atoms. The first-order valence-electron chi connectivity index (χ1n) is 10.3. The van der Waals surface area contributed by atoms with Crippen LogP contribution in [0.25, 0.3) is 11.6 Å². The molecule has 7 nitrogen and oxygen atoms in total. The van der Waals surface area contributed by atoms with Gasteiger partial charge < -0.3 is 9.47 Å². The van der Waals surface area contributed by atoms with Crippen LogP contribution >= 0.6 is 11.3 Å². The number of hydrogen-bond acceptors (Lipinski definition) is 7. The smallest absolute Gasteiger partial charge is 0.337 e. The highest BCUT2D eigenvalue weighted by molar-refractivity contribution is 7.07. The SMILES string of the molecule is CCOCCCn1c(=O)/c(=C/c2ccc(C(=O)OC)cc2)s/c1=C(/C#N)C(=O)C(C)(C)C. The summed E-state index contributed by atoms with van der Waals surface area (Å²) in [4.78, 5) is 37.7. The molecule has 0 fully saturated rings. The molecule has 0 atom stereocenters. The van der Waals surface area contributed by atoms with Crippen molar-refractivity contribution in [1.82, 2.24) is 4.57 Å². The molecule has 2 rings (SSSR count). The highest BCUT2D eigenvalue weighted by Gasteiger charge is 2.27. The highest BCUT2D eigenvalue weighted by atomic mass is 32.1. The molecule has 1 aromatic carbocycles. The van der Waals surface area contributed by atoms with Crippen LogP contribution in [0.1, 0.15) is 50.0 Å². The van der Waals surface area contributed by atoms with Gasteiger partial charge in [-0.3, -0.25) is 14.2 Å². The Morgan fingerprint density at radius 2 is 1.88 bits per heavy atom. The van der Waals surface area contributed by atoms with Gasteiger partial charge in [0.15, 0.2) is 5.78 Å². The molecule has 0 saturated carbocycles. The summed E-state index contributed by atoms with van der Waals surface area (Å²) in [5.74, 6) is -0.755. The number of aromatic nitrogens is 1. The maximum Gasteiger partial charge on any atom is 0.337 e. The number of rotatable bonds is 8. The van der Waals surface area contributed by atoms with Crippen molar-refractivity contribution < 1.29 is 19.1 Å². The molecular formula is C24H28N2O5S. The van der Waals surface area contributed by atoms with Gasteiger partial charge in [0, 0.05) is 25.2 Å². The molecule has 0 aliphatic carbocycles. The Morgan fingerprint density at radius 1 is 1.22 bits per heavy atom. The van der Waals surface area contributed by atoms with Crippen LogP contribution in [0.5, 0.6) is 0 Å². The van der Waals surface area contributed by atoms with E-state index in [1.807, 2.05) is 13.0 Å². The predicted molar refractivity (Wildman–Crippen MR) is 124 cm³/mol. The fraction of sp³-hybridized carbons (Fsp3) is 0.417. The predicted octanol–water partition coefficient (Wildman–Crippen LogP) is 2.24. The number of ketones is 1. The molecule has 1 heterocycles. The fourth-order valence-electron chi connectivity index (χ4n) is 2.93. The summed E-state index contributed by atoms with van der Waals surface area (Å²) in [6, 6.07) is 8.66. The topological polar surface area (TPSA) is 98.4 Å². The summed E-state index contributed by atoms with van der Waals surface area (Å²) in [6.07, 6.45) is 2.26. The molecular weight excluding hydrogens is 428 g/mol. The van der Waals surface area contributed by atoms with Gasteiger partial charge in [-0.25, -0.2) is 4.79 Å². The van der Waals surface area contributed by atoms with Gasteiger partial charge in [0.05, 0.1) is 17.2 Å². The van der Waals surface area contributed by atoms with E-state index in [2.05, 4.69) is 0 Å². The number of thiazole rings is 1. The minimum absolute atomic E-state index is 0.0169. The number of Topliss-reactive ketones (excluding diaryl/α,β-unsaturated/α-hetero) is 1. The van der Waals surface area contributed by atoms with Crippen LogP contribution in [0, 0.1) is 16.7 Å². The normalized spacial score (nSPS) is 12.9. The Labute approximate surface area is 191 Å². The second kappa shape index (κ2) is 11.0. The lowest BCUT2D eigenvalue weighted by atomic mass is 9.87. The van der Waals surface area contributed by atoms with Gasteiger partial charge in [-0.2, -0.15) is 5.26 Å². The van der Waals surface area contributed by atoms with Gasteiger partial charge in [0.25, 0.3) is 5.56 Å². The van der Waals surface area contributed by atoms with E-state index < -0.39 is 11.4 Å². The molecule has 0 N–H and O–H groups in total. The standard InChI is InChI=1S/C24H28N2O5S/c1-6-31-13-7-12-26-21(28)19(14-16-8-10-17(11-9-16)23(29)30-5)32-22(26)18(15-25)20(27)24(2,3)4/h8-11,14H,6-7,12-13H2,1-5H3/b19-14-,22-18-. The van der Waals surface area contributed by atoms with Crippen LogP contribution in [0.15, 0.2) is 29.1 Å². The molecule has 32 heavy (non-hydrogen) atoms. The van der Waals surface area contributed by atoms with Crippen molar-refractivity contribution in [3.63, 3.8) is 0 Å². The Balaban J connectivity index is 2.66. The molecule has 0 aliphatic rings. The zero-order valence-electron chi connectivity index (χ0n) is 19.1. The summed E-state index contributed by atoms with van der Waals surface area (Å²) in [5, 5.41) is 9.75. The number of carbonyl (C=O) groups is 2. The molecule has 8 heteroatoms. The van der Waals surface area contributed by atoms with Crippen LogP contribution in [-0.4, -0.2) is 36.6 Å². The van der Waals surface area contributed by atoms with Crippen LogP contribution in [-0.2, 0) is 20.8 Å². The number of nitriles is 1. The number of hydrogen-bond donors (Lipinski definition) is 0. The Morgan fingerprint density at radius 3 is 2.41 bits per heavy atom. The summed E-state index contributed by atoms with van der Waals surface area (Å²) in [6.45, 7) is 8.51. The lowest BCUT2D eigenvalue weighted by molar-refractivity contribution is -0.120. The third-order valence-corrected chi connectivity index (χ3v) is 5.78. The maximum absolute atomic E-state index is 13.2. The first-order valence-corrected chi connectivity index (χ1v) is 11.1. The van der Waals surface area contributed by atoms with Crippen molar-refractivity contribution in [3.05, 3.63) is 54.9 Å². The van der Waals surface area contributed by atoms with Gasteiger partial charge in [-0.05, 0) is 37.1 Å². The number of nitrogens with zero attached hydrogens (tertiary/aromatic N) is 2. The zero-order chi connectivity index (χ0) is 23.9. The van der Waals surface area contributed by atoms with Crippen molar-refractivity contribution >= 4 is 34.7 Å². The average molecular weight is 457 g/mol. The summed E-state index contributed by atoms with van der Waals surface area (Å²) in [5.41, 5.74) is 0.0737. The Hall–Kier alpha value is -3.02. The van der Waals surface area contributed by atoms with Crippen molar-refractivity contribution in [2.75, 3.05) is 20.3 Å². The summed E-state index contributed by atoms with van der Waals surface area (Å²) >= 11 is 1.12. The van der Waals surface area contributed by atoms with Crippen molar-refractivity contribution in [2.24, 2.45) is 5.41 Å². The van der Waals surface area contributed by atoms with Crippen LogP contribution in [0.4, 0.5) is 0 Å². The van der Waals surface area contributed by atoms with Gasteiger partial charge in [-0.15, -0.1) is 11.3 Å². The van der Waals surface area contributed by atoms with E-state index in [1.165, 1.54) is 11.7 Å². The minimum atomic E-state index is -0.755. The van der Waals surface area contributed by atoms with Gasteiger partial charge in [-0.1, -0.05) is 32.9 Å². The Kier molecular flexibility index (Phi) is 8.70. The van der Waals surface area contributed by atoms with Crippen LogP contribution in [0.3, 0.4) is 0 Å².